The molecule has 0 radical (unpaired) electrons. The molecule has 0 spiro atoms. The number of anilines is 1. The van der Waals surface area contributed by atoms with Gasteiger partial charge in [0.25, 0.3) is 0 Å². The molecule has 0 bridgehead atoms. The smallest absolute Gasteiger partial charge is 0.143 e. The van der Waals surface area contributed by atoms with E-state index in [9.17, 15) is 0 Å². The van der Waals surface area contributed by atoms with Gasteiger partial charge in [0.15, 0.2) is 0 Å². The maximum Gasteiger partial charge on any atom is 0.143 e. The van der Waals surface area contributed by atoms with Crippen molar-refractivity contribution in [2.45, 2.75) is 39.2 Å². The minimum atomic E-state index is 0.178. The van der Waals surface area contributed by atoms with Crippen LogP contribution in [-0.4, -0.2) is 37.2 Å². The molecule has 2 aliphatic rings. The summed E-state index contributed by atoms with van der Waals surface area (Å²) in [7, 11) is 0. The zero-order valence-electron chi connectivity index (χ0n) is 14.4. The first-order valence-corrected chi connectivity index (χ1v) is 8.95. The highest BCUT2D eigenvalue weighted by Gasteiger charge is 2.30. The average molecular weight is 312 g/mol. The van der Waals surface area contributed by atoms with Crippen molar-refractivity contribution < 1.29 is 4.74 Å². The van der Waals surface area contributed by atoms with Crippen LogP contribution < -0.4 is 9.64 Å². The molecule has 1 aromatic carbocycles. The van der Waals surface area contributed by atoms with Crippen molar-refractivity contribution in [3.05, 3.63) is 48.2 Å². The van der Waals surface area contributed by atoms with Gasteiger partial charge < -0.3 is 14.5 Å². The second kappa shape index (κ2) is 7.69. The van der Waals surface area contributed by atoms with Crippen LogP contribution in [-0.2, 0) is 0 Å². The maximum absolute atomic E-state index is 6.18. The number of unbranched alkanes of at least 4 members (excludes halogenated alkanes) is 1. The zero-order valence-corrected chi connectivity index (χ0v) is 14.4. The van der Waals surface area contributed by atoms with Gasteiger partial charge in [-0.15, -0.1) is 0 Å². The molecule has 0 saturated heterocycles. The number of ether oxygens (including phenoxy) is 1. The van der Waals surface area contributed by atoms with Gasteiger partial charge in [0.05, 0.1) is 11.4 Å². The molecule has 0 fully saturated rings. The van der Waals surface area contributed by atoms with Crippen molar-refractivity contribution in [3.63, 3.8) is 0 Å². The predicted octanol–water partition coefficient (Wildman–Crippen LogP) is 4.22. The second-order valence-corrected chi connectivity index (χ2v) is 6.22. The average Bonchev–Trinajstić information content (AvgIpc) is 2.61. The van der Waals surface area contributed by atoms with Crippen molar-refractivity contribution >= 4 is 5.69 Å². The summed E-state index contributed by atoms with van der Waals surface area (Å²) in [5, 5.41) is 0. The van der Waals surface area contributed by atoms with Crippen LogP contribution in [0.5, 0.6) is 5.75 Å². The first-order valence-electron chi connectivity index (χ1n) is 8.95. The monoisotopic (exact) mass is 312 g/mol. The summed E-state index contributed by atoms with van der Waals surface area (Å²) in [5.41, 5.74) is 2.53. The summed E-state index contributed by atoms with van der Waals surface area (Å²) < 4.78 is 6.18. The van der Waals surface area contributed by atoms with E-state index in [4.69, 9.17) is 4.74 Å². The SMILES string of the molecule is CCN(CC)CCCCN1C2=CC=CCC2Oc2ccccc21. The molecule has 3 rings (SSSR count). The molecule has 1 unspecified atom stereocenters. The van der Waals surface area contributed by atoms with E-state index in [-0.39, 0.29) is 6.10 Å². The van der Waals surface area contributed by atoms with E-state index in [0.717, 1.165) is 31.8 Å². The number of allylic oxidation sites excluding steroid dienone is 2. The molecule has 1 aliphatic carbocycles. The highest BCUT2D eigenvalue weighted by atomic mass is 16.5. The molecule has 1 aliphatic heterocycles. The second-order valence-electron chi connectivity index (χ2n) is 6.22. The van der Waals surface area contributed by atoms with Gasteiger partial charge in [-0.3, -0.25) is 0 Å². The van der Waals surface area contributed by atoms with Gasteiger partial charge in [-0.25, -0.2) is 0 Å². The van der Waals surface area contributed by atoms with Crippen LogP contribution in [0.3, 0.4) is 0 Å². The lowest BCUT2D eigenvalue weighted by Crippen LogP contribution is -2.39. The van der Waals surface area contributed by atoms with Crippen molar-refractivity contribution in [1.82, 2.24) is 4.90 Å². The molecule has 23 heavy (non-hydrogen) atoms. The Morgan fingerprint density at radius 3 is 2.83 bits per heavy atom. The van der Waals surface area contributed by atoms with Gasteiger partial charge in [-0.1, -0.05) is 38.1 Å². The largest absolute Gasteiger partial charge is 0.482 e. The number of hydrogen-bond donors (Lipinski definition) is 0. The van der Waals surface area contributed by atoms with Crippen LogP contribution in [0.15, 0.2) is 48.2 Å². The summed E-state index contributed by atoms with van der Waals surface area (Å²) in [6.07, 6.45) is 10.2. The molecule has 1 heterocycles. The minimum absolute atomic E-state index is 0.178. The molecule has 0 saturated carbocycles. The van der Waals surface area contributed by atoms with Gasteiger partial charge in [0.2, 0.25) is 0 Å². The highest BCUT2D eigenvalue weighted by molar-refractivity contribution is 5.65. The van der Waals surface area contributed by atoms with Crippen molar-refractivity contribution in [2.75, 3.05) is 31.1 Å². The van der Waals surface area contributed by atoms with Gasteiger partial charge in [-0.2, -0.15) is 0 Å². The third-order valence-electron chi connectivity index (χ3n) is 4.82. The van der Waals surface area contributed by atoms with E-state index >= 15 is 0 Å². The molecule has 0 N–H and O–H groups in total. The summed E-state index contributed by atoms with van der Waals surface area (Å²) in [6, 6.07) is 8.43. The Kier molecular flexibility index (Phi) is 5.39. The predicted molar refractivity (Wildman–Crippen MR) is 97.1 cm³/mol. The summed E-state index contributed by atoms with van der Waals surface area (Å²) >= 11 is 0. The third kappa shape index (κ3) is 3.61. The fourth-order valence-electron chi connectivity index (χ4n) is 3.44. The Morgan fingerprint density at radius 2 is 2.00 bits per heavy atom. The van der Waals surface area contributed by atoms with Gasteiger partial charge >= 0.3 is 0 Å². The highest BCUT2D eigenvalue weighted by Crippen LogP contribution is 2.39. The maximum atomic E-state index is 6.18. The van der Waals surface area contributed by atoms with Crippen molar-refractivity contribution in [3.8, 4) is 5.75 Å². The molecular weight excluding hydrogens is 284 g/mol. The normalized spacial score (nSPS) is 19.2. The molecule has 1 aromatic rings. The lowest BCUT2D eigenvalue weighted by Gasteiger charge is -2.39. The Morgan fingerprint density at radius 1 is 1.17 bits per heavy atom. The van der Waals surface area contributed by atoms with Crippen LogP contribution in [0.1, 0.15) is 33.1 Å². The first kappa shape index (κ1) is 16.1. The Bertz CT molecular complexity index is 575. The van der Waals surface area contributed by atoms with Gasteiger partial charge in [0.1, 0.15) is 11.9 Å². The van der Waals surface area contributed by atoms with Crippen LogP contribution in [0.25, 0.3) is 0 Å². The number of hydrogen-bond acceptors (Lipinski definition) is 3. The third-order valence-corrected chi connectivity index (χ3v) is 4.82. The van der Waals surface area contributed by atoms with E-state index in [1.54, 1.807) is 0 Å². The summed E-state index contributed by atoms with van der Waals surface area (Å²) in [4.78, 5) is 4.97. The van der Waals surface area contributed by atoms with E-state index in [2.05, 4.69) is 66.1 Å². The Labute approximate surface area is 140 Å². The first-order chi connectivity index (χ1) is 11.3. The number of benzene rings is 1. The molecular formula is C20H28N2O. The van der Waals surface area contributed by atoms with Crippen LogP contribution in [0.4, 0.5) is 5.69 Å². The van der Waals surface area contributed by atoms with E-state index in [1.807, 2.05) is 0 Å². The quantitative estimate of drug-likeness (QED) is 0.701. The zero-order chi connectivity index (χ0) is 16.1. The molecule has 0 aromatic heterocycles. The fraction of sp³-hybridized carbons (Fsp3) is 0.500. The molecule has 3 heteroatoms. The standard InChI is InChI=1S/C20H28N2O/c1-3-21(4-2)15-9-10-16-22-17-11-5-7-13-19(17)23-20-14-8-6-12-18(20)22/h5-8,11-13,20H,3-4,9-10,14-16H2,1-2H3. The number of para-hydroxylation sites is 2. The van der Waals surface area contributed by atoms with Gasteiger partial charge in [0, 0.05) is 13.0 Å². The summed E-state index contributed by atoms with van der Waals surface area (Å²) in [5.74, 6) is 1.02. The Balaban J connectivity index is 1.68. The van der Waals surface area contributed by atoms with E-state index in [1.165, 1.54) is 30.8 Å². The van der Waals surface area contributed by atoms with Crippen LogP contribution in [0, 0.1) is 0 Å². The van der Waals surface area contributed by atoms with Gasteiger partial charge in [-0.05, 0) is 50.7 Å². The van der Waals surface area contributed by atoms with Crippen molar-refractivity contribution in [1.29, 1.82) is 0 Å². The summed E-state index contributed by atoms with van der Waals surface area (Å²) in [6.45, 7) is 9.04. The molecule has 1 atom stereocenters. The lowest BCUT2D eigenvalue weighted by molar-refractivity contribution is 0.224. The minimum Gasteiger partial charge on any atom is -0.482 e. The number of rotatable bonds is 7. The number of nitrogens with zero attached hydrogens (tertiary/aromatic N) is 2. The lowest BCUT2D eigenvalue weighted by atomic mass is 10.0. The van der Waals surface area contributed by atoms with Crippen LogP contribution in [0.2, 0.25) is 0 Å². The molecule has 0 amide bonds. The molecule has 3 nitrogen and oxygen atoms in total. The van der Waals surface area contributed by atoms with Crippen LogP contribution >= 0.6 is 0 Å². The van der Waals surface area contributed by atoms with Crippen molar-refractivity contribution in [2.24, 2.45) is 0 Å². The number of fused-ring (bicyclic) bond motifs is 2. The fourth-order valence-corrected chi connectivity index (χ4v) is 3.44. The van der Waals surface area contributed by atoms with E-state index < -0.39 is 0 Å². The molecule has 124 valence electrons. The topological polar surface area (TPSA) is 15.7 Å². The van der Waals surface area contributed by atoms with E-state index in [0.29, 0.717) is 0 Å². The Hall–Kier alpha value is -1.74.